The number of carbonyl (C=O) groups is 3. The van der Waals surface area contributed by atoms with Crippen molar-refractivity contribution in [1.29, 1.82) is 5.26 Å². The van der Waals surface area contributed by atoms with Crippen molar-refractivity contribution in [2.75, 3.05) is 13.1 Å². The third-order valence-electron chi connectivity index (χ3n) is 5.34. The molecule has 2 atom stereocenters. The number of amides is 3. The fourth-order valence-electron chi connectivity index (χ4n) is 3.71. The Bertz CT molecular complexity index is 915. The van der Waals surface area contributed by atoms with Gasteiger partial charge in [-0.3, -0.25) is 9.59 Å². The van der Waals surface area contributed by atoms with Crippen LogP contribution in [-0.4, -0.2) is 47.5 Å². The molecule has 0 saturated carbocycles. The van der Waals surface area contributed by atoms with Crippen molar-refractivity contribution in [2.45, 2.75) is 92.3 Å². The Labute approximate surface area is 210 Å². The van der Waals surface area contributed by atoms with Crippen LogP contribution >= 0.6 is 0 Å². The van der Waals surface area contributed by atoms with E-state index in [0.29, 0.717) is 18.5 Å². The summed E-state index contributed by atoms with van der Waals surface area (Å²) in [4.78, 5) is 41.1. The number of nitrogens with zero attached hydrogens (tertiary/aromatic N) is 2. The Hall–Kier alpha value is -3.08. The van der Waals surface area contributed by atoms with E-state index in [1.165, 1.54) is 4.90 Å². The molecule has 0 heterocycles. The first-order valence-corrected chi connectivity index (χ1v) is 12.3. The number of carbonyl (C=O) groups excluding carboxylic acids is 3. The van der Waals surface area contributed by atoms with Gasteiger partial charge in [-0.25, -0.2) is 4.79 Å². The number of ether oxygens (including phenoxy) is 1. The Balaban J connectivity index is 3.47. The summed E-state index contributed by atoms with van der Waals surface area (Å²) in [6.45, 7) is 15.1. The van der Waals surface area contributed by atoms with Crippen LogP contribution in [-0.2, 0) is 14.3 Å². The van der Waals surface area contributed by atoms with Crippen molar-refractivity contribution in [3.05, 3.63) is 34.9 Å². The highest BCUT2D eigenvalue weighted by Crippen LogP contribution is 2.27. The molecule has 0 spiro atoms. The number of alkyl carbamates (subject to hydrolysis) is 1. The smallest absolute Gasteiger partial charge is 0.408 e. The quantitative estimate of drug-likeness (QED) is 0.352. The lowest BCUT2D eigenvalue weighted by molar-refractivity contribution is -0.142. The Morgan fingerprint density at radius 2 is 1.83 bits per heavy atom. The third kappa shape index (κ3) is 9.97. The van der Waals surface area contributed by atoms with E-state index in [-0.39, 0.29) is 18.4 Å². The van der Waals surface area contributed by atoms with E-state index in [4.69, 9.17) is 4.74 Å². The normalized spacial score (nSPS) is 12.9. The molecule has 8 nitrogen and oxygen atoms in total. The molecule has 1 rings (SSSR count). The van der Waals surface area contributed by atoms with Crippen LogP contribution in [0.1, 0.15) is 83.5 Å². The molecule has 0 aliphatic heterocycles. The molecule has 1 aromatic carbocycles. The van der Waals surface area contributed by atoms with Crippen LogP contribution in [0.5, 0.6) is 0 Å². The summed E-state index contributed by atoms with van der Waals surface area (Å²) in [7, 11) is 0. The summed E-state index contributed by atoms with van der Waals surface area (Å²) in [6.07, 6.45) is 1.32. The molecule has 3 amide bonds. The Morgan fingerprint density at radius 3 is 2.37 bits per heavy atom. The van der Waals surface area contributed by atoms with Crippen LogP contribution in [0, 0.1) is 31.1 Å². The number of nitrogens with one attached hydrogen (secondary N) is 2. The molecule has 0 aliphatic rings. The van der Waals surface area contributed by atoms with Gasteiger partial charge in [-0.15, -0.1) is 0 Å². The zero-order valence-corrected chi connectivity index (χ0v) is 22.5. The summed E-state index contributed by atoms with van der Waals surface area (Å²) >= 11 is 0. The number of aryl methyl sites for hydroxylation is 2. The van der Waals surface area contributed by atoms with Gasteiger partial charge in [0.25, 0.3) is 0 Å². The van der Waals surface area contributed by atoms with Crippen molar-refractivity contribution >= 4 is 17.9 Å². The Morgan fingerprint density at radius 1 is 1.17 bits per heavy atom. The zero-order valence-electron chi connectivity index (χ0n) is 22.5. The van der Waals surface area contributed by atoms with Crippen LogP contribution < -0.4 is 10.6 Å². The fraction of sp³-hybridized carbons (Fsp3) is 0.630. The molecule has 8 heteroatoms. The van der Waals surface area contributed by atoms with Gasteiger partial charge in [0.2, 0.25) is 11.8 Å². The van der Waals surface area contributed by atoms with Gasteiger partial charge in [-0.2, -0.15) is 5.26 Å². The molecule has 0 bridgehead atoms. The number of hydrogen-bond acceptors (Lipinski definition) is 5. The van der Waals surface area contributed by atoms with Gasteiger partial charge in [0.05, 0.1) is 6.07 Å². The SMILES string of the molecule is CCCCNC(=O)C(c1cc(C)ccc1C)N(CC#N)C(=O)C(CC(C)C)NC(=O)OC(C)(C)C. The highest BCUT2D eigenvalue weighted by molar-refractivity contribution is 5.92. The van der Waals surface area contributed by atoms with Crippen LogP contribution in [0.3, 0.4) is 0 Å². The summed E-state index contributed by atoms with van der Waals surface area (Å²) in [5.74, 6) is -0.778. The highest BCUT2D eigenvalue weighted by Gasteiger charge is 2.37. The predicted octanol–water partition coefficient (Wildman–Crippen LogP) is 4.55. The van der Waals surface area contributed by atoms with E-state index in [1.54, 1.807) is 20.8 Å². The number of hydrogen-bond donors (Lipinski definition) is 2. The molecule has 0 fully saturated rings. The first kappa shape index (κ1) is 30.0. The van der Waals surface area contributed by atoms with E-state index in [2.05, 4.69) is 10.6 Å². The summed E-state index contributed by atoms with van der Waals surface area (Å²) in [5, 5.41) is 15.2. The minimum Gasteiger partial charge on any atom is -0.444 e. The van der Waals surface area contributed by atoms with Crippen molar-refractivity contribution in [3.63, 3.8) is 0 Å². The van der Waals surface area contributed by atoms with E-state index >= 15 is 0 Å². The second-order valence-corrected chi connectivity index (χ2v) is 10.4. The predicted molar refractivity (Wildman–Crippen MR) is 137 cm³/mol. The lowest BCUT2D eigenvalue weighted by Gasteiger charge is -2.34. The van der Waals surface area contributed by atoms with Gasteiger partial charge in [0.15, 0.2) is 0 Å². The second kappa shape index (κ2) is 13.7. The van der Waals surface area contributed by atoms with E-state index in [1.807, 2.05) is 58.9 Å². The van der Waals surface area contributed by atoms with Crippen LogP contribution in [0.25, 0.3) is 0 Å². The molecular weight excluding hydrogens is 444 g/mol. The molecule has 0 aliphatic carbocycles. The summed E-state index contributed by atoms with van der Waals surface area (Å²) in [6, 6.07) is 5.79. The molecule has 2 N–H and O–H groups in total. The number of nitriles is 1. The van der Waals surface area contributed by atoms with Crippen molar-refractivity contribution in [3.8, 4) is 6.07 Å². The molecule has 0 aromatic heterocycles. The van der Waals surface area contributed by atoms with Crippen LogP contribution in [0.4, 0.5) is 4.79 Å². The standard InChI is InChI=1S/C27H42N4O4/c1-9-10-14-29-24(32)23(21-17-19(4)11-12-20(21)5)31(15-13-28)25(33)22(16-18(2)3)30-26(34)35-27(6,7)8/h11-12,17-18,22-23H,9-10,14-16H2,1-8H3,(H,29,32)(H,30,34). The maximum absolute atomic E-state index is 13.8. The molecular formula is C27H42N4O4. The number of rotatable bonds is 11. The van der Waals surface area contributed by atoms with Gasteiger partial charge < -0.3 is 20.3 Å². The topological polar surface area (TPSA) is 112 Å². The number of unbranched alkanes of at least 4 members (excludes halogenated alkanes) is 1. The van der Waals surface area contributed by atoms with Gasteiger partial charge in [-0.05, 0) is 64.5 Å². The first-order chi connectivity index (χ1) is 16.3. The molecule has 0 saturated heterocycles. The summed E-state index contributed by atoms with van der Waals surface area (Å²) in [5.41, 5.74) is 1.69. The second-order valence-electron chi connectivity index (χ2n) is 10.4. The monoisotopic (exact) mass is 486 g/mol. The lowest BCUT2D eigenvalue weighted by atomic mass is 9.95. The summed E-state index contributed by atoms with van der Waals surface area (Å²) < 4.78 is 5.37. The van der Waals surface area contributed by atoms with Crippen molar-refractivity contribution in [1.82, 2.24) is 15.5 Å². The van der Waals surface area contributed by atoms with Crippen molar-refractivity contribution in [2.24, 2.45) is 5.92 Å². The molecule has 0 radical (unpaired) electrons. The fourth-order valence-corrected chi connectivity index (χ4v) is 3.71. The minimum atomic E-state index is -1.01. The number of benzene rings is 1. The largest absolute Gasteiger partial charge is 0.444 e. The average Bonchev–Trinajstić information content (AvgIpc) is 2.73. The van der Waals surface area contributed by atoms with Crippen molar-refractivity contribution < 1.29 is 19.1 Å². The molecule has 194 valence electrons. The minimum absolute atomic E-state index is 0.0698. The highest BCUT2D eigenvalue weighted by atomic mass is 16.6. The Kier molecular flexibility index (Phi) is 11.7. The third-order valence-corrected chi connectivity index (χ3v) is 5.34. The zero-order chi connectivity index (χ0) is 26.8. The maximum atomic E-state index is 13.8. The van der Waals surface area contributed by atoms with E-state index in [9.17, 15) is 19.6 Å². The van der Waals surface area contributed by atoms with Gasteiger partial charge in [0, 0.05) is 6.54 Å². The maximum Gasteiger partial charge on any atom is 0.408 e. The molecule has 35 heavy (non-hydrogen) atoms. The van der Waals surface area contributed by atoms with Gasteiger partial charge >= 0.3 is 6.09 Å². The van der Waals surface area contributed by atoms with Gasteiger partial charge in [0.1, 0.15) is 24.2 Å². The average molecular weight is 487 g/mol. The lowest BCUT2D eigenvalue weighted by Crippen LogP contribution is -2.53. The van der Waals surface area contributed by atoms with E-state index < -0.39 is 29.7 Å². The molecule has 1 aromatic rings. The van der Waals surface area contributed by atoms with Gasteiger partial charge in [-0.1, -0.05) is 51.0 Å². The van der Waals surface area contributed by atoms with Crippen LogP contribution in [0.15, 0.2) is 18.2 Å². The first-order valence-electron chi connectivity index (χ1n) is 12.3. The molecule has 2 unspecified atom stereocenters. The van der Waals surface area contributed by atoms with E-state index in [0.717, 1.165) is 24.0 Å². The van der Waals surface area contributed by atoms with Crippen LogP contribution in [0.2, 0.25) is 0 Å².